The average Bonchev–Trinajstić information content (AvgIpc) is 2.26. The monoisotopic (exact) mass is 190 g/mol. The van der Waals surface area contributed by atoms with Gasteiger partial charge in [0.05, 0.1) is 0 Å². The van der Waals surface area contributed by atoms with Crippen molar-refractivity contribution in [3.63, 3.8) is 0 Å². The van der Waals surface area contributed by atoms with E-state index in [0.717, 1.165) is 12.3 Å². The minimum Gasteiger partial charge on any atom is -0.0651 e. The maximum atomic E-state index is 2.34. The third kappa shape index (κ3) is 3.17. The highest BCUT2D eigenvalue weighted by molar-refractivity contribution is 5.27. The smallest absolute Gasteiger partial charge is 0.0274 e. The number of hydrogen-bond acceptors (Lipinski definition) is 0. The lowest BCUT2D eigenvalue weighted by atomic mass is 9.95. The first-order chi connectivity index (χ1) is 6.77. The molecule has 0 aliphatic carbocycles. The Bertz CT molecular complexity index is 262. The molecule has 0 N–H and O–H groups in total. The van der Waals surface area contributed by atoms with Crippen LogP contribution in [0.2, 0.25) is 0 Å². The van der Waals surface area contributed by atoms with Crippen molar-refractivity contribution in [3.8, 4) is 0 Å². The van der Waals surface area contributed by atoms with E-state index in [4.69, 9.17) is 0 Å². The molecule has 78 valence electrons. The molecule has 0 nitrogen and oxygen atoms in total. The molecule has 1 unspecified atom stereocenters. The quantitative estimate of drug-likeness (QED) is 0.652. The predicted molar refractivity (Wildman–Crippen MR) is 63.6 cm³/mol. The van der Waals surface area contributed by atoms with Crippen molar-refractivity contribution < 1.29 is 0 Å². The van der Waals surface area contributed by atoms with Crippen LogP contribution in [-0.4, -0.2) is 0 Å². The van der Waals surface area contributed by atoms with Crippen molar-refractivity contribution >= 4 is 0 Å². The Hall–Kier alpha value is -0.780. The molecule has 0 bridgehead atoms. The summed E-state index contributed by atoms with van der Waals surface area (Å²) in [6.07, 6.45) is 5.04. The summed E-state index contributed by atoms with van der Waals surface area (Å²) in [5.74, 6) is 0.861. The molecule has 0 heteroatoms. The molecule has 14 heavy (non-hydrogen) atoms. The maximum absolute atomic E-state index is 2.34. The van der Waals surface area contributed by atoms with Gasteiger partial charge in [0.1, 0.15) is 0 Å². The molecule has 0 heterocycles. The first-order valence-electron chi connectivity index (χ1n) is 5.84. The Morgan fingerprint density at radius 2 is 1.71 bits per heavy atom. The Morgan fingerprint density at radius 3 is 2.29 bits per heavy atom. The third-order valence-electron chi connectivity index (χ3n) is 3.10. The van der Waals surface area contributed by atoms with Crippen molar-refractivity contribution in [2.75, 3.05) is 0 Å². The third-order valence-corrected chi connectivity index (χ3v) is 3.10. The zero-order valence-electron chi connectivity index (χ0n) is 9.72. The fraction of sp³-hybridized carbons (Fsp3) is 0.571. The van der Waals surface area contributed by atoms with Crippen molar-refractivity contribution in [1.29, 1.82) is 0 Å². The van der Waals surface area contributed by atoms with Gasteiger partial charge in [-0.15, -0.1) is 0 Å². The summed E-state index contributed by atoms with van der Waals surface area (Å²) in [6.45, 7) is 6.85. The van der Waals surface area contributed by atoms with Gasteiger partial charge in [-0.25, -0.2) is 0 Å². The highest BCUT2D eigenvalue weighted by Gasteiger charge is 2.02. The highest BCUT2D eigenvalue weighted by atomic mass is 14.1. The first-order valence-corrected chi connectivity index (χ1v) is 5.84. The minimum atomic E-state index is 0.861. The fourth-order valence-electron chi connectivity index (χ4n) is 1.75. The summed E-state index contributed by atoms with van der Waals surface area (Å²) in [5.41, 5.74) is 3.08. The van der Waals surface area contributed by atoms with Gasteiger partial charge in [0.2, 0.25) is 0 Å². The lowest BCUT2D eigenvalue weighted by molar-refractivity contribution is 0.515. The number of benzene rings is 1. The molecule has 0 fully saturated rings. The van der Waals surface area contributed by atoms with Crippen LogP contribution in [0.5, 0.6) is 0 Å². The topological polar surface area (TPSA) is 0 Å². The molecule has 0 radical (unpaired) electrons. The van der Waals surface area contributed by atoms with E-state index in [1.807, 2.05) is 0 Å². The summed E-state index contributed by atoms with van der Waals surface area (Å²) in [7, 11) is 0. The van der Waals surface area contributed by atoms with Gasteiger partial charge in [0.25, 0.3) is 0 Å². The van der Waals surface area contributed by atoms with Gasteiger partial charge in [0.15, 0.2) is 0 Å². The van der Waals surface area contributed by atoms with E-state index in [1.54, 1.807) is 5.56 Å². The molecular weight excluding hydrogens is 168 g/mol. The number of rotatable bonds is 5. The van der Waals surface area contributed by atoms with Crippen LogP contribution in [0.3, 0.4) is 0 Å². The van der Waals surface area contributed by atoms with Crippen LogP contribution in [0.15, 0.2) is 24.3 Å². The zero-order chi connectivity index (χ0) is 10.4. The molecule has 0 aliphatic rings. The molecule has 1 aromatic carbocycles. The summed E-state index contributed by atoms with van der Waals surface area (Å²) >= 11 is 0. The van der Waals surface area contributed by atoms with E-state index in [1.165, 1.54) is 24.8 Å². The molecule has 1 aromatic rings. The summed E-state index contributed by atoms with van der Waals surface area (Å²) in [5, 5.41) is 0. The Kier molecular flexibility index (Phi) is 4.72. The second-order valence-electron chi connectivity index (χ2n) is 4.17. The van der Waals surface area contributed by atoms with Crippen LogP contribution < -0.4 is 0 Å². The zero-order valence-corrected chi connectivity index (χ0v) is 9.72. The largest absolute Gasteiger partial charge is 0.0651 e. The van der Waals surface area contributed by atoms with Crippen molar-refractivity contribution in [2.45, 2.75) is 46.5 Å². The van der Waals surface area contributed by atoms with E-state index in [2.05, 4.69) is 45.0 Å². The Balaban J connectivity index is 2.57. The lowest BCUT2D eigenvalue weighted by Gasteiger charge is -2.10. The van der Waals surface area contributed by atoms with Crippen LogP contribution in [0.1, 0.15) is 44.7 Å². The average molecular weight is 190 g/mol. The number of aryl methyl sites for hydroxylation is 2. The lowest BCUT2D eigenvalue weighted by Crippen LogP contribution is -1.98. The highest BCUT2D eigenvalue weighted by Crippen LogP contribution is 2.16. The van der Waals surface area contributed by atoms with Gasteiger partial charge < -0.3 is 0 Å². The molecule has 0 saturated heterocycles. The minimum absolute atomic E-state index is 0.861. The second-order valence-corrected chi connectivity index (χ2v) is 4.17. The van der Waals surface area contributed by atoms with Crippen molar-refractivity contribution in [2.24, 2.45) is 5.92 Å². The normalized spacial score (nSPS) is 12.8. The van der Waals surface area contributed by atoms with Crippen molar-refractivity contribution in [1.82, 2.24) is 0 Å². The molecule has 0 aromatic heterocycles. The van der Waals surface area contributed by atoms with Crippen molar-refractivity contribution in [3.05, 3.63) is 35.4 Å². The first kappa shape index (κ1) is 11.3. The van der Waals surface area contributed by atoms with Crippen LogP contribution in [-0.2, 0) is 12.8 Å². The molecule has 0 saturated carbocycles. The van der Waals surface area contributed by atoms with Gasteiger partial charge in [-0.05, 0) is 36.3 Å². The van der Waals surface area contributed by atoms with E-state index in [0.29, 0.717) is 0 Å². The molecule has 0 amide bonds. The van der Waals surface area contributed by atoms with Gasteiger partial charge in [-0.2, -0.15) is 0 Å². The van der Waals surface area contributed by atoms with E-state index < -0.39 is 0 Å². The van der Waals surface area contributed by atoms with Gasteiger partial charge in [-0.3, -0.25) is 0 Å². The molecule has 0 spiro atoms. The predicted octanol–water partition coefficient (Wildman–Crippen LogP) is 4.23. The van der Waals surface area contributed by atoms with E-state index >= 15 is 0 Å². The van der Waals surface area contributed by atoms with Crippen LogP contribution in [0.25, 0.3) is 0 Å². The van der Waals surface area contributed by atoms with E-state index in [-0.39, 0.29) is 0 Å². The standard InChI is InChI=1S/C14H22/c1-4-12(3)10-11-14-9-7-6-8-13(14)5-2/h6-9,12H,4-5,10-11H2,1-3H3. The van der Waals surface area contributed by atoms with Gasteiger partial charge in [-0.1, -0.05) is 51.5 Å². The maximum Gasteiger partial charge on any atom is -0.0274 e. The van der Waals surface area contributed by atoms with E-state index in [9.17, 15) is 0 Å². The summed E-state index contributed by atoms with van der Waals surface area (Å²) < 4.78 is 0. The second kappa shape index (κ2) is 5.85. The van der Waals surface area contributed by atoms with Gasteiger partial charge >= 0.3 is 0 Å². The Morgan fingerprint density at radius 1 is 1.07 bits per heavy atom. The summed E-state index contributed by atoms with van der Waals surface area (Å²) in [4.78, 5) is 0. The Labute approximate surface area is 88.4 Å². The summed E-state index contributed by atoms with van der Waals surface area (Å²) in [6, 6.07) is 8.84. The van der Waals surface area contributed by atoms with Crippen LogP contribution in [0.4, 0.5) is 0 Å². The molecular formula is C14H22. The SMILES string of the molecule is CCc1ccccc1CCC(C)CC. The fourth-order valence-corrected chi connectivity index (χ4v) is 1.75. The van der Waals surface area contributed by atoms with Gasteiger partial charge in [0, 0.05) is 0 Å². The van der Waals surface area contributed by atoms with Crippen LogP contribution >= 0.6 is 0 Å². The molecule has 1 rings (SSSR count). The van der Waals surface area contributed by atoms with Crippen LogP contribution in [0, 0.1) is 5.92 Å². The molecule has 0 aliphatic heterocycles. The molecule has 1 atom stereocenters. The number of hydrogen-bond donors (Lipinski definition) is 0.